The molecule has 9 heteroatoms. The third-order valence-electron chi connectivity index (χ3n) is 7.85. The van der Waals surface area contributed by atoms with Gasteiger partial charge in [-0.3, -0.25) is 0 Å². The van der Waals surface area contributed by atoms with E-state index in [4.69, 9.17) is 15.7 Å². The number of nitrogens with one attached hydrogen (secondary N) is 1. The Kier molecular flexibility index (Phi) is 6.67. The molecule has 206 valence electrons. The van der Waals surface area contributed by atoms with Crippen molar-refractivity contribution in [2.24, 2.45) is 7.05 Å². The Hall–Kier alpha value is -4.37. The van der Waals surface area contributed by atoms with E-state index in [9.17, 15) is 0 Å². The Balaban J connectivity index is 1.42. The molecule has 0 radical (unpaired) electrons. The van der Waals surface area contributed by atoms with Gasteiger partial charge in [0.25, 0.3) is 0 Å². The number of benzene rings is 2. The zero-order valence-electron chi connectivity index (χ0n) is 23.9. The highest BCUT2D eigenvalue weighted by Crippen LogP contribution is 2.39. The van der Waals surface area contributed by atoms with Gasteiger partial charge in [0.15, 0.2) is 0 Å². The first-order valence-electron chi connectivity index (χ1n) is 13.8. The molecular weight excluding hydrogens is 498 g/mol. The zero-order valence-corrected chi connectivity index (χ0v) is 23.9. The monoisotopic (exact) mass is 535 g/mol. The van der Waals surface area contributed by atoms with Crippen LogP contribution in [0.2, 0.25) is 0 Å². The smallest absolute Gasteiger partial charge is 0.227 e. The summed E-state index contributed by atoms with van der Waals surface area (Å²) in [5, 5.41) is 4.67. The van der Waals surface area contributed by atoms with Crippen LogP contribution >= 0.6 is 0 Å². The van der Waals surface area contributed by atoms with Crippen molar-refractivity contribution in [3.8, 4) is 22.6 Å². The molecule has 0 saturated heterocycles. The Morgan fingerprint density at radius 1 is 1.07 bits per heavy atom. The number of para-hydroxylation sites is 1. The molecule has 40 heavy (non-hydrogen) atoms. The molecule has 0 bridgehead atoms. The number of likely N-dealkylation sites (N-methyl/N-ethyl adjacent to an activating group) is 2. The van der Waals surface area contributed by atoms with Crippen molar-refractivity contribution in [1.29, 1.82) is 0 Å². The Morgan fingerprint density at radius 2 is 1.93 bits per heavy atom. The molecule has 9 nitrogen and oxygen atoms in total. The first-order chi connectivity index (χ1) is 19.3. The minimum absolute atomic E-state index is 0.524. The number of hydrogen-bond acceptors (Lipinski definition) is 7. The standard InChI is InChI=1S/C31H37N9/c1-20-16-27(38(4)15-14-37(2)3)25(32)17-26(20)35-31-34-18-23(30-33-11-13-39(30)5)28(36-31)24-19-40-12-7-9-21-8-6-10-22(24)29(21)40/h6,8,10-11,13,16-19H,7,9,12,14-15,32H2,1-5H3,(H,34,35,36). The largest absolute Gasteiger partial charge is 0.397 e. The topological polar surface area (TPSA) is 93.1 Å². The Bertz CT molecular complexity index is 1700. The lowest BCUT2D eigenvalue weighted by Gasteiger charge is -2.24. The highest BCUT2D eigenvalue weighted by Gasteiger charge is 2.22. The normalized spacial score (nSPS) is 12.8. The minimum atomic E-state index is 0.524. The molecule has 3 aromatic heterocycles. The van der Waals surface area contributed by atoms with Gasteiger partial charge in [-0.2, -0.15) is 0 Å². The molecular formula is C31H37N9. The van der Waals surface area contributed by atoms with Gasteiger partial charge in [-0.15, -0.1) is 0 Å². The number of nitrogen functional groups attached to an aromatic ring is 1. The molecule has 0 atom stereocenters. The van der Waals surface area contributed by atoms with E-state index in [2.05, 4.69) is 83.2 Å². The van der Waals surface area contributed by atoms with Crippen LogP contribution in [0.5, 0.6) is 0 Å². The summed E-state index contributed by atoms with van der Waals surface area (Å²) in [6, 6.07) is 10.7. The summed E-state index contributed by atoms with van der Waals surface area (Å²) in [5.41, 5.74) is 15.8. The predicted octanol–water partition coefficient (Wildman–Crippen LogP) is 5.08. The van der Waals surface area contributed by atoms with Gasteiger partial charge in [0.1, 0.15) is 5.82 Å². The van der Waals surface area contributed by atoms with E-state index >= 15 is 0 Å². The molecule has 0 saturated carbocycles. The average Bonchev–Trinajstić information content (AvgIpc) is 3.54. The number of aryl methyl sites for hydroxylation is 4. The van der Waals surface area contributed by atoms with Gasteiger partial charge in [-0.25, -0.2) is 15.0 Å². The molecule has 3 N–H and O–H groups in total. The molecule has 2 aromatic carbocycles. The van der Waals surface area contributed by atoms with Crippen LogP contribution in [0.1, 0.15) is 17.5 Å². The van der Waals surface area contributed by atoms with E-state index in [-0.39, 0.29) is 0 Å². The molecule has 6 rings (SSSR count). The summed E-state index contributed by atoms with van der Waals surface area (Å²) < 4.78 is 4.38. The fourth-order valence-corrected chi connectivity index (χ4v) is 5.65. The van der Waals surface area contributed by atoms with Gasteiger partial charge in [-0.05, 0) is 57.1 Å². The van der Waals surface area contributed by atoms with Crippen molar-refractivity contribution < 1.29 is 0 Å². The summed E-state index contributed by atoms with van der Waals surface area (Å²) in [5.74, 6) is 1.36. The second-order valence-electron chi connectivity index (χ2n) is 11.0. The Morgan fingerprint density at radius 3 is 2.70 bits per heavy atom. The molecule has 4 heterocycles. The first-order valence-corrected chi connectivity index (χ1v) is 13.8. The maximum absolute atomic E-state index is 6.53. The first kappa shape index (κ1) is 25.9. The lowest BCUT2D eigenvalue weighted by Crippen LogP contribution is -2.29. The van der Waals surface area contributed by atoms with E-state index in [0.717, 1.165) is 72.1 Å². The lowest BCUT2D eigenvalue weighted by atomic mass is 10.0. The highest BCUT2D eigenvalue weighted by atomic mass is 15.2. The van der Waals surface area contributed by atoms with E-state index in [1.807, 2.05) is 36.3 Å². The number of nitrogens with two attached hydrogens (primary N) is 1. The van der Waals surface area contributed by atoms with E-state index < -0.39 is 0 Å². The van der Waals surface area contributed by atoms with Crippen LogP contribution in [0, 0.1) is 6.92 Å². The maximum Gasteiger partial charge on any atom is 0.227 e. The van der Waals surface area contributed by atoms with Crippen LogP contribution < -0.4 is 16.0 Å². The molecule has 1 aliphatic heterocycles. The predicted molar refractivity (Wildman–Crippen MR) is 164 cm³/mol. The summed E-state index contributed by atoms with van der Waals surface area (Å²) in [6.45, 7) is 4.93. The number of rotatable bonds is 8. The van der Waals surface area contributed by atoms with Crippen molar-refractivity contribution in [2.45, 2.75) is 26.3 Å². The number of aromatic nitrogens is 5. The van der Waals surface area contributed by atoms with Crippen molar-refractivity contribution in [2.75, 3.05) is 50.2 Å². The van der Waals surface area contributed by atoms with Crippen LogP contribution in [0.3, 0.4) is 0 Å². The molecule has 0 fully saturated rings. The van der Waals surface area contributed by atoms with E-state index in [1.165, 1.54) is 16.5 Å². The van der Waals surface area contributed by atoms with Gasteiger partial charge < -0.3 is 30.0 Å². The van der Waals surface area contributed by atoms with Crippen molar-refractivity contribution in [1.82, 2.24) is 29.0 Å². The van der Waals surface area contributed by atoms with E-state index in [1.54, 1.807) is 0 Å². The number of imidazole rings is 1. The fourth-order valence-electron chi connectivity index (χ4n) is 5.65. The third-order valence-corrected chi connectivity index (χ3v) is 7.85. The minimum Gasteiger partial charge on any atom is -0.397 e. The van der Waals surface area contributed by atoms with Crippen LogP contribution in [0.15, 0.2) is 55.1 Å². The number of anilines is 4. The van der Waals surface area contributed by atoms with E-state index in [0.29, 0.717) is 11.6 Å². The van der Waals surface area contributed by atoms with Crippen LogP contribution in [-0.2, 0) is 20.0 Å². The van der Waals surface area contributed by atoms with Crippen molar-refractivity contribution in [3.05, 3.63) is 66.2 Å². The van der Waals surface area contributed by atoms with Crippen LogP contribution in [0.4, 0.5) is 23.0 Å². The van der Waals surface area contributed by atoms with Crippen molar-refractivity contribution in [3.63, 3.8) is 0 Å². The summed E-state index contributed by atoms with van der Waals surface area (Å²) in [4.78, 5) is 18.8. The second-order valence-corrected chi connectivity index (χ2v) is 11.0. The molecule has 0 spiro atoms. The second kappa shape index (κ2) is 10.3. The molecule has 1 aliphatic rings. The van der Waals surface area contributed by atoms with Gasteiger partial charge in [0.2, 0.25) is 5.95 Å². The molecule has 0 amide bonds. The number of nitrogens with zero attached hydrogens (tertiary/aromatic N) is 7. The van der Waals surface area contributed by atoms with Gasteiger partial charge in [0, 0.05) is 75.2 Å². The van der Waals surface area contributed by atoms with Gasteiger partial charge >= 0.3 is 0 Å². The summed E-state index contributed by atoms with van der Waals surface area (Å²) >= 11 is 0. The fraction of sp³-hybridized carbons (Fsp3) is 0.323. The Labute approximate surface area is 235 Å². The van der Waals surface area contributed by atoms with Crippen LogP contribution in [-0.4, -0.2) is 63.2 Å². The average molecular weight is 536 g/mol. The summed E-state index contributed by atoms with van der Waals surface area (Å²) in [7, 11) is 8.23. The zero-order chi connectivity index (χ0) is 28.0. The van der Waals surface area contributed by atoms with Crippen molar-refractivity contribution >= 4 is 33.9 Å². The molecule has 5 aromatic rings. The van der Waals surface area contributed by atoms with Crippen LogP contribution in [0.25, 0.3) is 33.5 Å². The lowest BCUT2D eigenvalue weighted by molar-refractivity contribution is 0.416. The molecule has 0 unspecified atom stereocenters. The molecule has 0 aliphatic carbocycles. The third kappa shape index (κ3) is 4.66. The maximum atomic E-state index is 6.53. The van der Waals surface area contributed by atoms with Gasteiger partial charge in [0.05, 0.1) is 28.1 Å². The highest BCUT2D eigenvalue weighted by molar-refractivity contribution is 6.00. The van der Waals surface area contributed by atoms with Gasteiger partial charge in [-0.1, -0.05) is 18.2 Å². The SMILES string of the molecule is Cc1cc(N(C)CCN(C)C)c(N)cc1Nc1ncc(-c2nccn2C)c(-c2cn3c4c(cccc24)CCC3)n1. The summed E-state index contributed by atoms with van der Waals surface area (Å²) in [6.07, 6.45) is 10.1. The number of hydrogen-bond donors (Lipinski definition) is 2. The quantitative estimate of drug-likeness (QED) is 0.268.